The number of hydrogen-bond acceptors (Lipinski definition) is 6. The van der Waals surface area contributed by atoms with E-state index in [1.165, 1.54) is 0 Å². The normalized spacial score (nSPS) is 17.3. The van der Waals surface area contributed by atoms with Crippen LogP contribution < -0.4 is 16.4 Å². The van der Waals surface area contributed by atoms with E-state index in [1.807, 2.05) is 36.4 Å². The standard InChI is InChI=1S/C22H25ClN4O2.2C2HF3O2/c23-16-8-7-14(11-24)15(10-16)12-26-21(28)20-6-3-9-27(20)22(29)18-13-25-19-5-2-1-4-17(18)19;2*3-2(4,5)1(6)7/h1-2,4-5,7-8,10,18,20,25H,3,6,9,11-13,24H2,(H,26,28);2*(H,6,7)/t18?,20-;;/m0../s1. The second-order valence-electron chi connectivity index (χ2n) is 9.15. The second-order valence-corrected chi connectivity index (χ2v) is 9.59. The average Bonchev–Trinajstić information content (AvgIpc) is 3.59. The fourth-order valence-electron chi connectivity index (χ4n) is 4.27. The molecule has 0 aliphatic carbocycles. The number of carboxylic acid groups (broad SMARTS) is 2. The van der Waals surface area contributed by atoms with Gasteiger partial charge in [-0.05, 0) is 47.7 Å². The van der Waals surface area contributed by atoms with Gasteiger partial charge in [0.1, 0.15) is 6.04 Å². The lowest BCUT2D eigenvalue weighted by Crippen LogP contribution is -2.47. The minimum atomic E-state index is -5.08. The lowest BCUT2D eigenvalue weighted by molar-refractivity contribution is -0.193. The van der Waals surface area contributed by atoms with Crippen LogP contribution in [0.2, 0.25) is 5.02 Å². The van der Waals surface area contributed by atoms with Crippen molar-refractivity contribution in [2.24, 2.45) is 5.73 Å². The molecule has 0 bridgehead atoms. The van der Waals surface area contributed by atoms with E-state index in [2.05, 4.69) is 10.6 Å². The monoisotopic (exact) mass is 640 g/mol. The van der Waals surface area contributed by atoms with E-state index in [0.29, 0.717) is 37.6 Å². The molecule has 236 valence electrons. The van der Waals surface area contributed by atoms with Crippen molar-refractivity contribution in [2.45, 2.75) is 50.2 Å². The van der Waals surface area contributed by atoms with Gasteiger partial charge in [-0.15, -0.1) is 0 Å². The minimum absolute atomic E-state index is 0.0190. The summed E-state index contributed by atoms with van der Waals surface area (Å²) in [6.45, 7) is 1.91. The molecule has 0 saturated carbocycles. The van der Waals surface area contributed by atoms with Crippen LogP contribution in [0.3, 0.4) is 0 Å². The van der Waals surface area contributed by atoms with Gasteiger partial charge in [-0.1, -0.05) is 35.9 Å². The van der Waals surface area contributed by atoms with Crippen molar-refractivity contribution < 1.29 is 55.7 Å². The lowest BCUT2D eigenvalue weighted by atomic mass is 9.99. The Balaban J connectivity index is 0.000000384. The Morgan fingerprint density at radius 1 is 0.977 bits per heavy atom. The molecule has 1 saturated heterocycles. The van der Waals surface area contributed by atoms with Gasteiger partial charge in [0.15, 0.2) is 0 Å². The van der Waals surface area contributed by atoms with Crippen molar-refractivity contribution in [3.63, 3.8) is 0 Å². The largest absolute Gasteiger partial charge is 0.490 e. The molecule has 4 rings (SSSR count). The molecule has 2 aliphatic rings. The first-order chi connectivity index (χ1) is 20.0. The van der Waals surface area contributed by atoms with Crippen LogP contribution in [0, 0.1) is 0 Å². The van der Waals surface area contributed by atoms with Crippen LogP contribution in [0.25, 0.3) is 0 Å². The summed E-state index contributed by atoms with van der Waals surface area (Å²) >= 11 is 6.08. The summed E-state index contributed by atoms with van der Waals surface area (Å²) in [5, 5.41) is 21.1. The maximum Gasteiger partial charge on any atom is 0.490 e. The van der Waals surface area contributed by atoms with Crippen molar-refractivity contribution >= 4 is 41.0 Å². The Kier molecular flexibility index (Phi) is 12.2. The van der Waals surface area contributed by atoms with Crippen LogP contribution >= 0.6 is 11.6 Å². The molecule has 0 spiro atoms. The quantitative estimate of drug-likeness (QED) is 0.308. The third-order valence-electron chi connectivity index (χ3n) is 6.30. The Hall–Kier alpha value is -4.05. The summed E-state index contributed by atoms with van der Waals surface area (Å²) < 4.78 is 63.5. The molecule has 2 aliphatic heterocycles. The second kappa shape index (κ2) is 14.9. The van der Waals surface area contributed by atoms with Crippen molar-refractivity contribution in [2.75, 3.05) is 18.4 Å². The molecule has 2 aromatic carbocycles. The SMILES string of the molecule is NCc1ccc(Cl)cc1CNC(=O)[C@@H]1CCCN1C(=O)C1CNc2ccccc21.O=C(O)C(F)(F)F.O=C(O)C(F)(F)F. The van der Waals surface area contributed by atoms with E-state index in [9.17, 15) is 35.9 Å². The van der Waals surface area contributed by atoms with Crippen LogP contribution in [0.1, 0.15) is 35.4 Å². The zero-order valence-electron chi connectivity index (χ0n) is 22.1. The summed E-state index contributed by atoms with van der Waals surface area (Å²) in [6, 6.07) is 12.9. The topological polar surface area (TPSA) is 162 Å². The number of para-hydroxylation sites is 1. The molecule has 17 heteroatoms. The van der Waals surface area contributed by atoms with Gasteiger partial charge >= 0.3 is 24.3 Å². The highest BCUT2D eigenvalue weighted by atomic mass is 35.5. The van der Waals surface area contributed by atoms with Gasteiger partial charge in [-0.2, -0.15) is 26.3 Å². The summed E-state index contributed by atoms with van der Waals surface area (Å²) in [4.78, 5) is 45.6. The summed E-state index contributed by atoms with van der Waals surface area (Å²) in [6.07, 6.45) is -8.66. The molecule has 2 atom stereocenters. The van der Waals surface area contributed by atoms with E-state index in [4.69, 9.17) is 37.1 Å². The molecule has 2 heterocycles. The summed E-state index contributed by atoms with van der Waals surface area (Å²) in [5.41, 5.74) is 9.64. The number of carbonyl (C=O) groups excluding carboxylic acids is 2. The predicted molar refractivity (Wildman–Crippen MR) is 141 cm³/mol. The number of benzene rings is 2. The molecule has 10 nitrogen and oxygen atoms in total. The number of hydrogen-bond donors (Lipinski definition) is 5. The van der Waals surface area contributed by atoms with Gasteiger partial charge in [0.05, 0.1) is 5.92 Å². The van der Waals surface area contributed by atoms with Gasteiger partial charge in [-0.25, -0.2) is 9.59 Å². The number of halogens is 7. The van der Waals surface area contributed by atoms with Gasteiger partial charge in [0.2, 0.25) is 11.8 Å². The molecule has 1 unspecified atom stereocenters. The number of carbonyl (C=O) groups is 4. The molecular weight excluding hydrogens is 614 g/mol. The van der Waals surface area contributed by atoms with Crippen molar-refractivity contribution in [1.82, 2.24) is 10.2 Å². The Morgan fingerprint density at radius 3 is 2.12 bits per heavy atom. The fraction of sp³-hybridized carbons (Fsp3) is 0.385. The molecule has 0 radical (unpaired) electrons. The van der Waals surface area contributed by atoms with Gasteiger partial charge in [-0.3, -0.25) is 9.59 Å². The van der Waals surface area contributed by atoms with Crippen LogP contribution in [0.4, 0.5) is 32.0 Å². The number of nitrogens with one attached hydrogen (secondary N) is 2. The van der Waals surface area contributed by atoms with Crippen LogP contribution in [-0.4, -0.2) is 70.3 Å². The number of nitrogens with zero attached hydrogens (tertiary/aromatic N) is 1. The molecule has 1 fully saturated rings. The lowest BCUT2D eigenvalue weighted by Gasteiger charge is -2.27. The number of amides is 2. The Morgan fingerprint density at radius 2 is 1.56 bits per heavy atom. The number of fused-ring (bicyclic) bond motifs is 1. The third kappa shape index (κ3) is 10.0. The van der Waals surface area contributed by atoms with E-state index in [-0.39, 0.29) is 17.7 Å². The molecular formula is C26H27ClF6N4O6. The Bertz CT molecular complexity index is 1300. The van der Waals surface area contributed by atoms with Gasteiger partial charge in [0, 0.05) is 36.9 Å². The van der Waals surface area contributed by atoms with E-state index < -0.39 is 30.3 Å². The first-order valence-electron chi connectivity index (χ1n) is 12.5. The molecule has 0 aromatic heterocycles. The molecule has 6 N–H and O–H groups in total. The zero-order chi connectivity index (χ0) is 32.5. The van der Waals surface area contributed by atoms with Crippen LogP contribution in [0.15, 0.2) is 42.5 Å². The highest BCUT2D eigenvalue weighted by molar-refractivity contribution is 6.30. The van der Waals surface area contributed by atoms with E-state index >= 15 is 0 Å². The number of alkyl halides is 6. The number of carboxylic acids is 2. The zero-order valence-corrected chi connectivity index (χ0v) is 22.9. The number of anilines is 1. The number of aliphatic carboxylic acids is 2. The smallest absolute Gasteiger partial charge is 0.475 e. The predicted octanol–water partition coefficient (Wildman–Crippen LogP) is 3.88. The highest BCUT2D eigenvalue weighted by Gasteiger charge is 2.40. The van der Waals surface area contributed by atoms with Gasteiger partial charge in [0.25, 0.3) is 0 Å². The van der Waals surface area contributed by atoms with Crippen molar-refractivity contribution in [1.29, 1.82) is 0 Å². The maximum absolute atomic E-state index is 13.2. The number of likely N-dealkylation sites (tertiary alicyclic amines) is 1. The van der Waals surface area contributed by atoms with Gasteiger partial charge < -0.3 is 31.5 Å². The summed E-state index contributed by atoms with van der Waals surface area (Å²) in [7, 11) is 0. The molecule has 2 amide bonds. The van der Waals surface area contributed by atoms with Crippen molar-refractivity contribution in [3.05, 3.63) is 64.2 Å². The minimum Gasteiger partial charge on any atom is -0.475 e. The summed E-state index contributed by atoms with van der Waals surface area (Å²) in [5.74, 6) is -5.86. The molecule has 43 heavy (non-hydrogen) atoms. The maximum atomic E-state index is 13.2. The van der Waals surface area contributed by atoms with Crippen LogP contribution in [-0.2, 0) is 32.3 Å². The number of rotatable bonds is 5. The fourth-order valence-corrected chi connectivity index (χ4v) is 4.46. The number of nitrogens with two attached hydrogens (primary N) is 1. The van der Waals surface area contributed by atoms with E-state index in [1.54, 1.807) is 11.0 Å². The Labute approximate surface area is 245 Å². The van der Waals surface area contributed by atoms with E-state index in [0.717, 1.165) is 28.8 Å². The molecule has 2 aromatic rings. The first kappa shape index (κ1) is 35.1. The third-order valence-corrected chi connectivity index (χ3v) is 6.53. The average molecular weight is 641 g/mol. The highest BCUT2D eigenvalue weighted by Crippen LogP contribution is 2.34. The van der Waals surface area contributed by atoms with Crippen molar-refractivity contribution in [3.8, 4) is 0 Å². The van der Waals surface area contributed by atoms with Crippen LogP contribution in [0.5, 0.6) is 0 Å². The first-order valence-corrected chi connectivity index (χ1v) is 12.8.